The second-order valence-corrected chi connectivity index (χ2v) is 4.64. The largest absolute Gasteiger partial charge is 0.383 e. The summed E-state index contributed by atoms with van der Waals surface area (Å²) in [5, 5.41) is 3.49. The van der Waals surface area contributed by atoms with E-state index in [-0.39, 0.29) is 11.8 Å². The van der Waals surface area contributed by atoms with E-state index in [1.165, 1.54) is 12.8 Å². The standard InChI is InChI=1S/C11H20N2O2/c1-13(5-6-15-2)11(14)9-7-8-3-4-10(9)12-8/h8-10,12H,3-7H2,1-2H3. The molecule has 86 valence electrons. The van der Waals surface area contributed by atoms with Crippen molar-refractivity contribution >= 4 is 5.91 Å². The quantitative estimate of drug-likeness (QED) is 0.725. The molecule has 2 heterocycles. The summed E-state index contributed by atoms with van der Waals surface area (Å²) < 4.78 is 4.98. The van der Waals surface area contributed by atoms with Gasteiger partial charge in [-0.05, 0) is 19.3 Å². The summed E-state index contributed by atoms with van der Waals surface area (Å²) in [5.74, 6) is 0.498. The van der Waals surface area contributed by atoms with Crippen molar-refractivity contribution in [3.05, 3.63) is 0 Å². The second kappa shape index (κ2) is 4.49. The highest BCUT2D eigenvalue weighted by molar-refractivity contribution is 5.80. The van der Waals surface area contributed by atoms with E-state index < -0.39 is 0 Å². The highest BCUT2D eigenvalue weighted by Gasteiger charge is 2.43. The molecule has 4 heteroatoms. The van der Waals surface area contributed by atoms with Crippen LogP contribution in [-0.2, 0) is 9.53 Å². The van der Waals surface area contributed by atoms with Crippen LogP contribution in [0.3, 0.4) is 0 Å². The number of carbonyl (C=O) groups is 1. The number of hydrogen-bond donors (Lipinski definition) is 1. The fraction of sp³-hybridized carbons (Fsp3) is 0.909. The highest BCUT2D eigenvalue weighted by atomic mass is 16.5. The van der Waals surface area contributed by atoms with Gasteiger partial charge in [-0.2, -0.15) is 0 Å². The van der Waals surface area contributed by atoms with Gasteiger partial charge in [0.05, 0.1) is 12.5 Å². The first-order valence-corrected chi connectivity index (χ1v) is 5.72. The van der Waals surface area contributed by atoms with Crippen molar-refractivity contribution in [3.63, 3.8) is 0 Å². The molecule has 1 amide bonds. The number of nitrogens with one attached hydrogen (secondary N) is 1. The maximum absolute atomic E-state index is 12.1. The van der Waals surface area contributed by atoms with Crippen LogP contribution in [0.4, 0.5) is 0 Å². The number of methoxy groups -OCH3 is 1. The van der Waals surface area contributed by atoms with Gasteiger partial charge in [0.2, 0.25) is 5.91 Å². The fourth-order valence-corrected chi connectivity index (χ4v) is 2.72. The predicted octanol–water partition coefficient (Wildman–Crippen LogP) is 0.232. The number of carbonyl (C=O) groups excluding carboxylic acids is 1. The molecule has 2 saturated heterocycles. The number of amides is 1. The Morgan fingerprint density at radius 1 is 1.53 bits per heavy atom. The van der Waals surface area contributed by atoms with Gasteiger partial charge < -0.3 is 15.0 Å². The van der Waals surface area contributed by atoms with Gasteiger partial charge in [0, 0.05) is 32.8 Å². The van der Waals surface area contributed by atoms with Crippen LogP contribution in [0.25, 0.3) is 0 Å². The molecule has 2 aliphatic rings. The lowest BCUT2D eigenvalue weighted by Gasteiger charge is -2.25. The number of rotatable bonds is 4. The molecule has 0 aromatic rings. The van der Waals surface area contributed by atoms with E-state index >= 15 is 0 Å². The maximum Gasteiger partial charge on any atom is 0.227 e. The van der Waals surface area contributed by atoms with E-state index in [0.29, 0.717) is 25.2 Å². The molecular weight excluding hydrogens is 192 g/mol. The van der Waals surface area contributed by atoms with Crippen LogP contribution in [0.1, 0.15) is 19.3 Å². The van der Waals surface area contributed by atoms with Gasteiger partial charge in [0.1, 0.15) is 0 Å². The minimum Gasteiger partial charge on any atom is -0.383 e. The molecule has 2 bridgehead atoms. The van der Waals surface area contributed by atoms with Crippen LogP contribution in [0.5, 0.6) is 0 Å². The molecule has 2 rings (SSSR count). The van der Waals surface area contributed by atoms with Gasteiger partial charge in [0.25, 0.3) is 0 Å². The van der Waals surface area contributed by atoms with Crippen LogP contribution >= 0.6 is 0 Å². The monoisotopic (exact) mass is 212 g/mol. The first kappa shape index (κ1) is 10.9. The average Bonchev–Trinajstić information content (AvgIpc) is 2.86. The minimum atomic E-state index is 0.214. The zero-order valence-electron chi connectivity index (χ0n) is 9.53. The van der Waals surface area contributed by atoms with Crippen molar-refractivity contribution in [3.8, 4) is 0 Å². The van der Waals surface area contributed by atoms with E-state index in [4.69, 9.17) is 4.74 Å². The lowest BCUT2D eigenvalue weighted by molar-refractivity contribution is -0.135. The summed E-state index contributed by atoms with van der Waals surface area (Å²) in [4.78, 5) is 13.9. The smallest absolute Gasteiger partial charge is 0.227 e. The number of likely N-dealkylation sites (N-methyl/N-ethyl adjacent to an activating group) is 1. The van der Waals surface area contributed by atoms with Crippen LogP contribution in [0.2, 0.25) is 0 Å². The van der Waals surface area contributed by atoms with Gasteiger partial charge in [-0.15, -0.1) is 0 Å². The third-order valence-electron chi connectivity index (χ3n) is 3.62. The molecule has 0 saturated carbocycles. The van der Waals surface area contributed by atoms with Crippen molar-refractivity contribution in [2.45, 2.75) is 31.3 Å². The Balaban J connectivity index is 1.85. The van der Waals surface area contributed by atoms with Crippen LogP contribution in [0, 0.1) is 5.92 Å². The van der Waals surface area contributed by atoms with E-state index in [1.807, 2.05) is 7.05 Å². The summed E-state index contributed by atoms with van der Waals surface area (Å²) >= 11 is 0. The topological polar surface area (TPSA) is 41.6 Å². The summed E-state index contributed by atoms with van der Waals surface area (Å²) in [7, 11) is 3.53. The van der Waals surface area contributed by atoms with E-state index in [9.17, 15) is 4.79 Å². The van der Waals surface area contributed by atoms with Gasteiger partial charge in [0.15, 0.2) is 0 Å². The zero-order chi connectivity index (χ0) is 10.8. The summed E-state index contributed by atoms with van der Waals surface area (Å²) in [5.41, 5.74) is 0. The minimum absolute atomic E-state index is 0.214. The Labute approximate surface area is 91.0 Å². The molecule has 0 aromatic heterocycles. The molecular formula is C11H20N2O2. The molecule has 0 aromatic carbocycles. The van der Waals surface area contributed by atoms with Crippen LogP contribution in [0.15, 0.2) is 0 Å². The molecule has 0 spiro atoms. The lowest BCUT2D eigenvalue weighted by Crippen LogP contribution is -2.40. The second-order valence-electron chi connectivity index (χ2n) is 4.64. The molecule has 15 heavy (non-hydrogen) atoms. The Morgan fingerprint density at radius 3 is 2.87 bits per heavy atom. The van der Waals surface area contributed by atoms with Gasteiger partial charge in [-0.3, -0.25) is 4.79 Å². The van der Waals surface area contributed by atoms with Crippen LogP contribution < -0.4 is 5.32 Å². The van der Waals surface area contributed by atoms with Crippen LogP contribution in [-0.4, -0.2) is 50.2 Å². The molecule has 3 unspecified atom stereocenters. The third kappa shape index (κ3) is 2.16. The highest BCUT2D eigenvalue weighted by Crippen LogP contribution is 2.34. The van der Waals surface area contributed by atoms with E-state index in [2.05, 4.69) is 5.32 Å². The fourth-order valence-electron chi connectivity index (χ4n) is 2.72. The van der Waals surface area contributed by atoms with Crippen molar-refractivity contribution in [2.75, 3.05) is 27.3 Å². The normalized spacial score (nSPS) is 33.3. The Kier molecular flexibility index (Phi) is 3.26. The van der Waals surface area contributed by atoms with Crippen molar-refractivity contribution in [1.82, 2.24) is 10.2 Å². The molecule has 0 aliphatic carbocycles. The van der Waals surface area contributed by atoms with E-state index in [0.717, 1.165) is 6.42 Å². The molecule has 2 fully saturated rings. The lowest BCUT2D eigenvalue weighted by atomic mass is 9.88. The summed E-state index contributed by atoms with van der Waals surface area (Å²) in [6, 6.07) is 1.03. The Morgan fingerprint density at radius 2 is 2.33 bits per heavy atom. The Bertz CT molecular complexity index is 245. The van der Waals surface area contributed by atoms with Crippen molar-refractivity contribution < 1.29 is 9.53 Å². The van der Waals surface area contributed by atoms with E-state index in [1.54, 1.807) is 12.0 Å². The number of hydrogen-bond acceptors (Lipinski definition) is 3. The molecule has 3 atom stereocenters. The van der Waals surface area contributed by atoms with Crippen molar-refractivity contribution in [1.29, 1.82) is 0 Å². The first-order chi connectivity index (χ1) is 7.22. The summed E-state index contributed by atoms with van der Waals surface area (Å²) in [6.45, 7) is 1.32. The average molecular weight is 212 g/mol. The molecule has 2 aliphatic heterocycles. The number of nitrogens with zero attached hydrogens (tertiary/aromatic N) is 1. The van der Waals surface area contributed by atoms with Gasteiger partial charge in [-0.25, -0.2) is 0 Å². The summed E-state index contributed by atoms with van der Waals surface area (Å²) in [6.07, 6.45) is 3.44. The third-order valence-corrected chi connectivity index (χ3v) is 3.62. The van der Waals surface area contributed by atoms with Gasteiger partial charge in [-0.1, -0.05) is 0 Å². The molecule has 1 N–H and O–H groups in total. The zero-order valence-corrected chi connectivity index (χ0v) is 9.53. The molecule has 4 nitrogen and oxygen atoms in total. The maximum atomic E-state index is 12.1. The molecule has 0 radical (unpaired) electrons. The Hall–Kier alpha value is -0.610. The number of ether oxygens (including phenoxy) is 1. The first-order valence-electron chi connectivity index (χ1n) is 5.72. The predicted molar refractivity (Wildman–Crippen MR) is 57.6 cm³/mol. The van der Waals surface area contributed by atoms with Gasteiger partial charge >= 0.3 is 0 Å². The number of fused-ring (bicyclic) bond motifs is 2. The SMILES string of the molecule is COCCN(C)C(=O)C1CC2CCC1N2. The van der Waals surface area contributed by atoms with Crippen molar-refractivity contribution in [2.24, 2.45) is 5.92 Å².